The lowest BCUT2D eigenvalue weighted by atomic mass is 9.90. The Labute approximate surface area is 234 Å². The van der Waals surface area contributed by atoms with Crippen molar-refractivity contribution in [2.75, 3.05) is 25.0 Å². The van der Waals surface area contributed by atoms with E-state index < -0.39 is 40.2 Å². The summed E-state index contributed by atoms with van der Waals surface area (Å²) >= 11 is 0. The second kappa shape index (κ2) is 13.0. The van der Waals surface area contributed by atoms with Gasteiger partial charge in [0, 0.05) is 12.6 Å². The normalized spacial score (nSPS) is 16.9. The average Bonchev–Trinajstić information content (AvgIpc) is 2.91. The molecule has 2 amide bonds. The lowest BCUT2D eigenvalue weighted by Gasteiger charge is -2.47. The molecule has 40 heavy (non-hydrogen) atoms. The fraction of sp³-hybridized carbons (Fsp3) is 0.533. The van der Waals surface area contributed by atoms with Crippen LogP contribution in [0.5, 0.6) is 0 Å². The number of rotatable bonds is 8. The van der Waals surface area contributed by atoms with Crippen molar-refractivity contribution in [3.63, 3.8) is 0 Å². The number of anilines is 2. The Balaban J connectivity index is 0.00000216. The summed E-state index contributed by atoms with van der Waals surface area (Å²) in [7, 11) is 0. The molecule has 0 radical (unpaired) electrons. The number of halogens is 3. The second-order valence-corrected chi connectivity index (χ2v) is 11.1. The van der Waals surface area contributed by atoms with Gasteiger partial charge in [-0.2, -0.15) is 0 Å². The van der Waals surface area contributed by atoms with E-state index in [1.165, 1.54) is 23.5 Å². The van der Waals surface area contributed by atoms with Gasteiger partial charge in [-0.1, -0.05) is 39.2 Å². The van der Waals surface area contributed by atoms with Crippen LogP contribution in [0.4, 0.5) is 24.5 Å². The van der Waals surface area contributed by atoms with Gasteiger partial charge in [0.15, 0.2) is 11.6 Å². The van der Waals surface area contributed by atoms with E-state index >= 15 is 0 Å². The number of aryl methyl sites for hydroxylation is 1. The largest absolute Gasteiger partial charge is 0.385 e. The van der Waals surface area contributed by atoms with E-state index in [1.54, 1.807) is 26.8 Å². The fourth-order valence-corrected chi connectivity index (χ4v) is 4.88. The summed E-state index contributed by atoms with van der Waals surface area (Å²) in [6, 6.07) is 6.33. The number of aliphatic hydroxyl groups is 1. The fourth-order valence-electron chi connectivity index (χ4n) is 4.88. The van der Waals surface area contributed by atoms with Crippen molar-refractivity contribution in [3.05, 3.63) is 58.9 Å². The Morgan fingerprint density at radius 3 is 2.30 bits per heavy atom. The number of benzene rings is 2. The molecule has 2 fully saturated rings. The average molecular weight is 563 g/mol. The molecule has 0 aromatic heterocycles. The standard InChI is InChI=1S/C28H35F3N4O3.C2H6/c1-17-9-12-22(21(30)13-17)34-24-19(10-11-20(29)23(24)31)25(36)35-15-28(38,16-35)14-32-27(2,3)26(37)33-18-7-5-4-6-8-18;1-2/h9-13,18,32,34,38H,4-8,14-16H2,1-3H3,(H,33,37);1-2H3. The number of carbonyl (C=O) groups is 2. The number of amides is 2. The molecule has 1 saturated heterocycles. The van der Waals surface area contributed by atoms with Gasteiger partial charge in [-0.25, -0.2) is 13.2 Å². The monoisotopic (exact) mass is 562 g/mol. The van der Waals surface area contributed by atoms with Crippen LogP contribution in [0.3, 0.4) is 0 Å². The highest BCUT2D eigenvalue weighted by Crippen LogP contribution is 2.31. The van der Waals surface area contributed by atoms with Crippen molar-refractivity contribution in [2.24, 2.45) is 0 Å². The van der Waals surface area contributed by atoms with E-state index in [2.05, 4.69) is 16.0 Å². The second-order valence-electron chi connectivity index (χ2n) is 11.1. The Bertz CT molecular complexity index is 1210. The van der Waals surface area contributed by atoms with Gasteiger partial charge in [0.25, 0.3) is 5.91 Å². The molecule has 2 aliphatic rings. The van der Waals surface area contributed by atoms with Crippen molar-refractivity contribution in [1.29, 1.82) is 0 Å². The van der Waals surface area contributed by atoms with Gasteiger partial charge in [0.1, 0.15) is 11.4 Å². The predicted molar refractivity (Wildman–Crippen MR) is 150 cm³/mol. The van der Waals surface area contributed by atoms with Crippen LogP contribution in [0.1, 0.15) is 75.7 Å². The molecule has 0 unspecified atom stereocenters. The summed E-state index contributed by atoms with van der Waals surface area (Å²) in [5.74, 6) is -3.96. The summed E-state index contributed by atoms with van der Waals surface area (Å²) in [4.78, 5) is 27.2. The topological polar surface area (TPSA) is 93.7 Å². The molecule has 2 aromatic carbocycles. The predicted octanol–water partition coefficient (Wildman–Crippen LogP) is 5.19. The van der Waals surface area contributed by atoms with Crippen LogP contribution in [-0.2, 0) is 4.79 Å². The van der Waals surface area contributed by atoms with Crippen LogP contribution in [0.2, 0.25) is 0 Å². The minimum absolute atomic E-state index is 0.0549. The number of nitrogens with one attached hydrogen (secondary N) is 3. The highest BCUT2D eigenvalue weighted by atomic mass is 19.2. The molecule has 1 aliphatic carbocycles. The minimum Gasteiger partial charge on any atom is -0.385 e. The van der Waals surface area contributed by atoms with E-state index in [0.29, 0.717) is 5.56 Å². The molecular weight excluding hydrogens is 521 g/mol. The Kier molecular flexibility index (Phi) is 10.2. The summed E-state index contributed by atoms with van der Waals surface area (Å²) < 4.78 is 43.1. The van der Waals surface area contributed by atoms with Crippen LogP contribution in [0.25, 0.3) is 0 Å². The molecule has 0 spiro atoms. The van der Waals surface area contributed by atoms with Gasteiger partial charge in [0.2, 0.25) is 5.91 Å². The lowest BCUT2D eigenvalue weighted by molar-refractivity contribution is -0.129. The highest BCUT2D eigenvalue weighted by Gasteiger charge is 2.45. The third-order valence-electron chi connectivity index (χ3n) is 7.33. The Morgan fingerprint density at radius 2 is 1.68 bits per heavy atom. The zero-order valence-electron chi connectivity index (χ0n) is 24.0. The van der Waals surface area contributed by atoms with Gasteiger partial charge in [-0.3, -0.25) is 9.59 Å². The molecule has 7 nitrogen and oxygen atoms in total. The molecule has 2 aromatic rings. The maximum Gasteiger partial charge on any atom is 0.256 e. The van der Waals surface area contributed by atoms with Crippen molar-refractivity contribution in [2.45, 2.75) is 83.9 Å². The maximum absolute atomic E-state index is 14.7. The quantitative estimate of drug-likeness (QED) is 0.356. The minimum atomic E-state index is -1.31. The van der Waals surface area contributed by atoms with E-state index in [0.717, 1.165) is 37.8 Å². The molecule has 1 saturated carbocycles. The molecule has 0 bridgehead atoms. The SMILES string of the molecule is CC.Cc1ccc(Nc2c(C(=O)N3CC(O)(CNC(C)(C)C(=O)NC4CCCCC4)C3)ccc(F)c2F)c(F)c1. The third-order valence-corrected chi connectivity index (χ3v) is 7.33. The number of carbonyl (C=O) groups excluding carboxylic acids is 2. The van der Waals surface area contributed by atoms with Gasteiger partial charge in [-0.15, -0.1) is 0 Å². The smallest absolute Gasteiger partial charge is 0.256 e. The van der Waals surface area contributed by atoms with Crippen molar-refractivity contribution >= 4 is 23.2 Å². The molecular formula is C30H41F3N4O3. The first-order valence-corrected chi connectivity index (χ1v) is 14.0. The molecule has 4 rings (SSSR count). The van der Waals surface area contributed by atoms with Crippen molar-refractivity contribution in [1.82, 2.24) is 15.5 Å². The molecule has 220 valence electrons. The molecule has 1 heterocycles. The highest BCUT2D eigenvalue weighted by molar-refractivity contribution is 6.01. The van der Waals surface area contributed by atoms with Crippen LogP contribution >= 0.6 is 0 Å². The molecule has 0 atom stereocenters. The van der Waals surface area contributed by atoms with Crippen molar-refractivity contribution < 1.29 is 27.9 Å². The van der Waals surface area contributed by atoms with Gasteiger partial charge >= 0.3 is 0 Å². The van der Waals surface area contributed by atoms with Gasteiger partial charge in [0.05, 0.1) is 35.6 Å². The van der Waals surface area contributed by atoms with Crippen LogP contribution in [0.15, 0.2) is 30.3 Å². The first-order chi connectivity index (χ1) is 18.9. The van der Waals surface area contributed by atoms with E-state index in [-0.39, 0.29) is 42.8 Å². The van der Waals surface area contributed by atoms with Crippen LogP contribution in [-0.4, -0.2) is 58.6 Å². The Hall–Kier alpha value is -3.11. The van der Waals surface area contributed by atoms with Crippen LogP contribution < -0.4 is 16.0 Å². The molecule has 1 aliphatic heterocycles. The molecule has 10 heteroatoms. The summed E-state index contributed by atoms with van der Waals surface area (Å²) in [6.07, 6.45) is 5.29. The molecule has 4 N–H and O–H groups in total. The third kappa shape index (κ3) is 7.34. The van der Waals surface area contributed by atoms with E-state index in [4.69, 9.17) is 0 Å². The van der Waals surface area contributed by atoms with Crippen molar-refractivity contribution in [3.8, 4) is 0 Å². The number of likely N-dealkylation sites (tertiary alicyclic amines) is 1. The van der Waals surface area contributed by atoms with Gasteiger partial charge < -0.3 is 26.0 Å². The number of nitrogens with zero attached hydrogens (tertiary/aromatic N) is 1. The zero-order valence-corrected chi connectivity index (χ0v) is 24.0. The van der Waals surface area contributed by atoms with Crippen LogP contribution in [0, 0.1) is 24.4 Å². The first-order valence-electron chi connectivity index (χ1n) is 14.0. The number of β-amino-alcohol motifs (C(OH)–C–C–N with tert-alkyl or cyclic N) is 1. The van der Waals surface area contributed by atoms with E-state index in [1.807, 2.05) is 13.8 Å². The maximum atomic E-state index is 14.7. The lowest BCUT2D eigenvalue weighted by Crippen LogP contribution is -2.69. The summed E-state index contributed by atoms with van der Waals surface area (Å²) in [5.41, 5.74) is -2.36. The Morgan fingerprint density at radius 1 is 1.02 bits per heavy atom. The zero-order chi connectivity index (χ0) is 29.7. The summed E-state index contributed by atoms with van der Waals surface area (Å²) in [6.45, 7) is 9.07. The van der Waals surface area contributed by atoms with E-state index in [9.17, 15) is 27.9 Å². The summed E-state index contributed by atoms with van der Waals surface area (Å²) in [5, 5.41) is 19.6. The number of hydrogen-bond donors (Lipinski definition) is 4. The first kappa shape index (κ1) is 31.4. The number of hydrogen-bond acceptors (Lipinski definition) is 5. The van der Waals surface area contributed by atoms with Gasteiger partial charge in [-0.05, 0) is 63.4 Å².